The van der Waals surface area contributed by atoms with Gasteiger partial charge in [0.25, 0.3) is 0 Å². The van der Waals surface area contributed by atoms with E-state index in [1.165, 1.54) is 0 Å². The summed E-state index contributed by atoms with van der Waals surface area (Å²) in [6.45, 7) is 1.83. The van der Waals surface area contributed by atoms with Gasteiger partial charge in [0.05, 0.1) is 11.4 Å². The summed E-state index contributed by atoms with van der Waals surface area (Å²) in [6.07, 6.45) is 1.75. The summed E-state index contributed by atoms with van der Waals surface area (Å²) in [6, 6.07) is 6.59. The number of carbonyl (C=O) groups excluding carboxylic acids is 1. The summed E-state index contributed by atoms with van der Waals surface area (Å²) in [5.41, 5.74) is 2.13. The summed E-state index contributed by atoms with van der Waals surface area (Å²) in [4.78, 5) is 11.7. The number of amides is 2. The molecule has 94 valence electrons. The van der Waals surface area contributed by atoms with Crippen molar-refractivity contribution in [2.24, 2.45) is 7.05 Å². The third-order valence-corrected chi connectivity index (χ3v) is 2.62. The van der Waals surface area contributed by atoms with Gasteiger partial charge in [-0.1, -0.05) is 11.6 Å². The minimum atomic E-state index is -0.312. The van der Waals surface area contributed by atoms with Crippen LogP contribution in [0.2, 0.25) is 5.02 Å². The first kappa shape index (κ1) is 12.4. The molecule has 0 aliphatic carbocycles. The Bertz CT molecular complexity index is 562. The molecule has 0 spiro atoms. The van der Waals surface area contributed by atoms with Crippen molar-refractivity contribution in [3.05, 3.63) is 41.2 Å². The number of urea groups is 1. The molecule has 0 bridgehead atoms. The molecule has 2 rings (SSSR count). The monoisotopic (exact) mass is 264 g/mol. The highest BCUT2D eigenvalue weighted by Gasteiger charge is 2.07. The molecule has 0 saturated heterocycles. The van der Waals surface area contributed by atoms with Gasteiger partial charge >= 0.3 is 6.03 Å². The Balaban J connectivity index is 2.01. The zero-order valence-electron chi connectivity index (χ0n) is 10.1. The summed E-state index contributed by atoms with van der Waals surface area (Å²) in [5, 5.41) is 10.2. The Kier molecular flexibility index (Phi) is 3.53. The van der Waals surface area contributed by atoms with Crippen LogP contribution < -0.4 is 10.6 Å². The largest absolute Gasteiger partial charge is 0.323 e. The van der Waals surface area contributed by atoms with Crippen molar-refractivity contribution in [3.8, 4) is 0 Å². The Morgan fingerprint density at radius 1 is 1.28 bits per heavy atom. The first-order valence-electron chi connectivity index (χ1n) is 5.38. The molecule has 0 saturated carbocycles. The first-order valence-corrected chi connectivity index (χ1v) is 5.76. The number of hydrogen-bond donors (Lipinski definition) is 2. The molecule has 18 heavy (non-hydrogen) atoms. The maximum atomic E-state index is 11.7. The van der Waals surface area contributed by atoms with E-state index in [1.54, 1.807) is 42.2 Å². The van der Waals surface area contributed by atoms with E-state index in [4.69, 9.17) is 11.6 Å². The van der Waals surface area contributed by atoms with Crippen LogP contribution in [0.15, 0.2) is 30.5 Å². The predicted octanol–water partition coefficient (Wildman–Crippen LogP) is 3.03. The number of nitrogens with zero attached hydrogens (tertiary/aromatic N) is 2. The number of aryl methyl sites for hydroxylation is 2. The van der Waals surface area contributed by atoms with E-state index in [2.05, 4.69) is 15.7 Å². The SMILES string of the molecule is Cc1nn(C)cc1NC(=O)Nc1ccc(Cl)cc1. The third-order valence-electron chi connectivity index (χ3n) is 2.36. The topological polar surface area (TPSA) is 59.0 Å². The highest BCUT2D eigenvalue weighted by atomic mass is 35.5. The highest BCUT2D eigenvalue weighted by Crippen LogP contribution is 2.15. The number of carbonyl (C=O) groups is 1. The molecule has 1 aromatic carbocycles. The number of hydrogen-bond acceptors (Lipinski definition) is 2. The number of nitrogens with one attached hydrogen (secondary N) is 2. The van der Waals surface area contributed by atoms with Crippen molar-refractivity contribution < 1.29 is 4.79 Å². The maximum absolute atomic E-state index is 11.7. The minimum absolute atomic E-state index is 0.312. The van der Waals surface area contributed by atoms with Gasteiger partial charge in [-0.2, -0.15) is 5.10 Å². The molecular formula is C12H13ClN4O. The summed E-state index contributed by atoms with van der Waals surface area (Å²) in [7, 11) is 1.80. The van der Waals surface area contributed by atoms with E-state index in [1.807, 2.05) is 6.92 Å². The molecule has 1 aromatic heterocycles. The molecule has 5 nitrogen and oxygen atoms in total. The van der Waals surface area contributed by atoms with Crippen molar-refractivity contribution in [2.45, 2.75) is 6.92 Å². The third kappa shape index (κ3) is 3.01. The molecule has 0 unspecified atom stereocenters. The first-order chi connectivity index (χ1) is 8.54. The van der Waals surface area contributed by atoms with Crippen molar-refractivity contribution >= 4 is 29.0 Å². The normalized spacial score (nSPS) is 10.2. The molecule has 0 aliphatic rings. The standard InChI is InChI=1S/C12H13ClN4O/c1-8-11(7-17(2)16-8)15-12(18)14-10-5-3-9(13)4-6-10/h3-7H,1-2H3,(H2,14,15,18). The van der Waals surface area contributed by atoms with Crippen LogP contribution in [0.25, 0.3) is 0 Å². The number of aromatic nitrogens is 2. The molecular weight excluding hydrogens is 252 g/mol. The summed E-state index contributed by atoms with van der Waals surface area (Å²) < 4.78 is 1.65. The fraction of sp³-hybridized carbons (Fsp3) is 0.167. The molecule has 0 radical (unpaired) electrons. The number of rotatable bonds is 2. The lowest BCUT2D eigenvalue weighted by atomic mass is 10.3. The Labute approximate surface area is 110 Å². The van der Waals surface area contributed by atoms with E-state index in [0.29, 0.717) is 16.4 Å². The Hall–Kier alpha value is -2.01. The average Bonchev–Trinajstić information content (AvgIpc) is 2.61. The number of benzene rings is 1. The Morgan fingerprint density at radius 2 is 1.94 bits per heavy atom. The smallest absolute Gasteiger partial charge is 0.308 e. The number of halogens is 1. The average molecular weight is 265 g/mol. The van der Waals surface area contributed by atoms with Crippen molar-refractivity contribution in [3.63, 3.8) is 0 Å². The van der Waals surface area contributed by atoms with Crippen LogP contribution in [0, 0.1) is 6.92 Å². The molecule has 2 amide bonds. The van der Waals surface area contributed by atoms with Crippen molar-refractivity contribution in [1.82, 2.24) is 9.78 Å². The molecule has 0 atom stereocenters. The maximum Gasteiger partial charge on any atom is 0.323 e. The highest BCUT2D eigenvalue weighted by molar-refractivity contribution is 6.30. The van der Waals surface area contributed by atoms with E-state index in [0.717, 1.165) is 5.69 Å². The predicted molar refractivity (Wildman–Crippen MR) is 72.0 cm³/mol. The van der Waals surface area contributed by atoms with Gasteiger partial charge in [-0.15, -0.1) is 0 Å². The molecule has 6 heteroatoms. The van der Waals surface area contributed by atoms with E-state index < -0.39 is 0 Å². The summed E-state index contributed by atoms with van der Waals surface area (Å²) in [5.74, 6) is 0. The Morgan fingerprint density at radius 3 is 2.50 bits per heavy atom. The van der Waals surface area contributed by atoms with E-state index >= 15 is 0 Å². The lowest BCUT2D eigenvalue weighted by Crippen LogP contribution is -2.19. The molecule has 1 heterocycles. The number of anilines is 2. The summed E-state index contributed by atoms with van der Waals surface area (Å²) >= 11 is 5.76. The quantitative estimate of drug-likeness (QED) is 0.876. The van der Waals surface area contributed by atoms with Crippen LogP contribution in [0.1, 0.15) is 5.69 Å². The van der Waals surface area contributed by atoms with Gasteiger partial charge in [0.1, 0.15) is 0 Å². The van der Waals surface area contributed by atoms with Gasteiger partial charge in [0.2, 0.25) is 0 Å². The van der Waals surface area contributed by atoms with Crippen LogP contribution >= 0.6 is 11.6 Å². The second kappa shape index (κ2) is 5.10. The fourth-order valence-electron chi connectivity index (χ4n) is 1.54. The zero-order chi connectivity index (χ0) is 13.1. The van der Waals surface area contributed by atoms with Crippen LogP contribution in [-0.2, 0) is 7.05 Å². The van der Waals surface area contributed by atoms with Crippen molar-refractivity contribution in [1.29, 1.82) is 0 Å². The van der Waals surface area contributed by atoms with E-state index in [9.17, 15) is 4.79 Å². The lowest BCUT2D eigenvalue weighted by molar-refractivity contribution is 0.262. The molecule has 2 N–H and O–H groups in total. The van der Waals surface area contributed by atoms with Crippen molar-refractivity contribution in [2.75, 3.05) is 10.6 Å². The van der Waals surface area contributed by atoms with Gasteiger partial charge in [0, 0.05) is 24.0 Å². The zero-order valence-corrected chi connectivity index (χ0v) is 10.8. The molecule has 0 aliphatic heterocycles. The van der Waals surface area contributed by atoms with Crippen LogP contribution in [0.3, 0.4) is 0 Å². The second-order valence-electron chi connectivity index (χ2n) is 3.89. The van der Waals surface area contributed by atoms with Crippen LogP contribution in [-0.4, -0.2) is 15.8 Å². The van der Waals surface area contributed by atoms with Gasteiger partial charge in [-0.3, -0.25) is 4.68 Å². The van der Waals surface area contributed by atoms with Gasteiger partial charge in [-0.05, 0) is 31.2 Å². The van der Waals surface area contributed by atoms with Gasteiger partial charge < -0.3 is 10.6 Å². The minimum Gasteiger partial charge on any atom is -0.308 e. The van der Waals surface area contributed by atoms with Gasteiger partial charge in [-0.25, -0.2) is 4.79 Å². The van der Waals surface area contributed by atoms with Crippen LogP contribution in [0.5, 0.6) is 0 Å². The second-order valence-corrected chi connectivity index (χ2v) is 4.32. The molecule has 2 aromatic rings. The van der Waals surface area contributed by atoms with Crippen LogP contribution in [0.4, 0.5) is 16.2 Å². The lowest BCUT2D eigenvalue weighted by Gasteiger charge is -2.06. The van der Waals surface area contributed by atoms with E-state index in [-0.39, 0.29) is 6.03 Å². The van der Waals surface area contributed by atoms with Gasteiger partial charge in [0.15, 0.2) is 0 Å². The fourth-order valence-corrected chi connectivity index (χ4v) is 1.67. The molecule has 0 fully saturated rings.